The van der Waals surface area contributed by atoms with Crippen molar-refractivity contribution in [1.82, 2.24) is 10.2 Å². The van der Waals surface area contributed by atoms with Crippen LogP contribution in [-0.2, 0) is 14.3 Å². The van der Waals surface area contributed by atoms with Crippen LogP contribution in [0.5, 0.6) is 0 Å². The average molecular weight is 517 g/mol. The summed E-state index contributed by atoms with van der Waals surface area (Å²) in [6.07, 6.45) is 5.24. The maximum absolute atomic E-state index is 14.0. The average Bonchev–Trinajstić information content (AvgIpc) is 2.83. The molecular weight excluding hydrogens is 480 g/mol. The number of amides is 3. The van der Waals surface area contributed by atoms with Gasteiger partial charge < -0.3 is 20.3 Å². The van der Waals surface area contributed by atoms with Crippen LogP contribution in [0, 0.1) is 36.5 Å². The third-order valence-electron chi connectivity index (χ3n) is 5.59. The van der Waals surface area contributed by atoms with E-state index in [0.717, 1.165) is 10.5 Å². The van der Waals surface area contributed by atoms with Crippen molar-refractivity contribution in [2.45, 2.75) is 65.6 Å². The second kappa shape index (κ2) is 13.3. The number of carbonyl (C=O) groups excluding carboxylic acids is 3. The lowest BCUT2D eigenvalue weighted by molar-refractivity contribution is -0.140. The molecule has 8 nitrogen and oxygen atoms in total. The molecule has 8 heteroatoms. The number of para-hydroxylation sites is 1. The number of ether oxygens (including phenoxy) is 1. The number of carbonyl (C=O) groups is 3. The summed E-state index contributed by atoms with van der Waals surface area (Å²) in [5, 5.41) is 15.2. The van der Waals surface area contributed by atoms with Gasteiger partial charge in [-0.2, -0.15) is 5.26 Å². The monoisotopic (exact) mass is 516 g/mol. The van der Waals surface area contributed by atoms with Gasteiger partial charge in [-0.1, -0.05) is 56.2 Å². The Morgan fingerprint density at radius 2 is 1.71 bits per heavy atom. The Bertz CT molecular complexity index is 1230. The molecule has 38 heavy (non-hydrogen) atoms. The van der Waals surface area contributed by atoms with Crippen molar-refractivity contribution in [3.63, 3.8) is 0 Å². The lowest BCUT2D eigenvalue weighted by Gasteiger charge is -2.34. The van der Waals surface area contributed by atoms with Gasteiger partial charge in [0.1, 0.15) is 24.2 Å². The van der Waals surface area contributed by atoms with E-state index in [0.29, 0.717) is 16.8 Å². The molecule has 2 aromatic rings. The van der Waals surface area contributed by atoms with Crippen LogP contribution >= 0.6 is 0 Å². The van der Waals surface area contributed by atoms with E-state index in [1.54, 1.807) is 57.2 Å². The van der Waals surface area contributed by atoms with Crippen LogP contribution in [0.3, 0.4) is 0 Å². The maximum atomic E-state index is 14.0. The van der Waals surface area contributed by atoms with Crippen LogP contribution in [0.2, 0.25) is 0 Å². The summed E-state index contributed by atoms with van der Waals surface area (Å²) in [4.78, 5) is 41.6. The number of alkyl carbamates (subject to hydrolysis) is 1. The summed E-state index contributed by atoms with van der Waals surface area (Å²) in [6, 6.07) is 13.7. The van der Waals surface area contributed by atoms with Gasteiger partial charge in [0.05, 0.1) is 6.07 Å². The Labute approximate surface area is 225 Å². The van der Waals surface area contributed by atoms with Gasteiger partial charge in [0.25, 0.3) is 5.91 Å². The number of benzene rings is 2. The van der Waals surface area contributed by atoms with Crippen molar-refractivity contribution in [1.29, 1.82) is 5.26 Å². The van der Waals surface area contributed by atoms with E-state index in [1.807, 2.05) is 39.0 Å². The summed E-state index contributed by atoms with van der Waals surface area (Å²) < 4.78 is 5.37. The first-order valence-corrected chi connectivity index (χ1v) is 12.5. The van der Waals surface area contributed by atoms with Crippen molar-refractivity contribution in [3.8, 4) is 18.4 Å². The fourth-order valence-electron chi connectivity index (χ4n) is 3.95. The molecule has 0 spiro atoms. The van der Waals surface area contributed by atoms with Gasteiger partial charge in [-0.25, -0.2) is 4.79 Å². The Balaban J connectivity index is 2.58. The molecule has 0 heterocycles. The quantitative estimate of drug-likeness (QED) is 0.362. The van der Waals surface area contributed by atoms with Gasteiger partial charge in [0.15, 0.2) is 0 Å². The molecule has 2 aromatic carbocycles. The number of nitrogens with zero attached hydrogens (tertiary/aromatic N) is 2. The summed E-state index contributed by atoms with van der Waals surface area (Å²) in [7, 11) is 0. The van der Waals surface area contributed by atoms with Crippen molar-refractivity contribution in [2.24, 2.45) is 5.92 Å². The van der Waals surface area contributed by atoms with Crippen molar-refractivity contribution in [3.05, 3.63) is 65.2 Å². The third kappa shape index (κ3) is 8.38. The summed E-state index contributed by atoms with van der Waals surface area (Å²) in [5.74, 6) is 1.45. The Morgan fingerprint density at radius 1 is 1.08 bits per heavy atom. The molecule has 0 radical (unpaired) electrons. The van der Waals surface area contributed by atoms with Crippen molar-refractivity contribution < 1.29 is 19.1 Å². The number of nitrogens with one attached hydrogen (secondary N) is 2. The third-order valence-corrected chi connectivity index (χ3v) is 5.59. The molecule has 0 saturated heterocycles. The molecule has 3 amide bonds. The molecule has 0 aliphatic heterocycles. The smallest absolute Gasteiger partial charge is 0.408 e. The first-order valence-electron chi connectivity index (χ1n) is 12.5. The van der Waals surface area contributed by atoms with Crippen LogP contribution in [0.25, 0.3) is 0 Å². The molecule has 2 atom stereocenters. The number of terminal acetylenes is 1. The Hall–Kier alpha value is -4.30. The van der Waals surface area contributed by atoms with Gasteiger partial charge >= 0.3 is 6.09 Å². The minimum Gasteiger partial charge on any atom is -0.444 e. The van der Waals surface area contributed by atoms with Crippen LogP contribution in [0.4, 0.5) is 10.5 Å². The zero-order chi connectivity index (χ0) is 28.5. The van der Waals surface area contributed by atoms with Gasteiger partial charge in [0.2, 0.25) is 5.91 Å². The molecular formula is C30H36N4O4. The van der Waals surface area contributed by atoms with Crippen LogP contribution < -0.4 is 10.6 Å². The van der Waals surface area contributed by atoms with E-state index >= 15 is 0 Å². The lowest BCUT2D eigenvalue weighted by Crippen LogP contribution is -2.53. The highest BCUT2D eigenvalue weighted by Crippen LogP contribution is 2.28. The minimum absolute atomic E-state index is 0.0139. The standard InChI is InChI=1S/C30H36N4O4/c1-8-22-14-10-11-15-23(22)26(27(35)32-24-16-12-9-13-21(24)4)34(18-17-31)28(36)25(19-20(2)3)33-29(37)38-30(5,6)7/h1,9-16,20,25-26H,18-19H2,2-7H3,(H,32,35)(H,33,37). The van der Waals surface area contributed by atoms with Gasteiger partial charge in [0, 0.05) is 11.3 Å². The number of hydrogen-bond donors (Lipinski definition) is 2. The molecule has 200 valence electrons. The highest BCUT2D eigenvalue weighted by molar-refractivity contribution is 5.99. The number of nitriles is 1. The summed E-state index contributed by atoms with van der Waals surface area (Å²) in [6.45, 7) is 10.4. The molecule has 0 aromatic heterocycles. The summed E-state index contributed by atoms with van der Waals surface area (Å²) in [5.41, 5.74) is 1.42. The first-order chi connectivity index (χ1) is 17.9. The molecule has 2 N–H and O–H groups in total. The van der Waals surface area contributed by atoms with E-state index in [-0.39, 0.29) is 12.3 Å². The summed E-state index contributed by atoms with van der Waals surface area (Å²) >= 11 is 0. The second-order valence-electron chi connectivity index (χ2n) is 10.4. The van der Waals surface area contributed by atoms with E-state index in [2.05, 4.69) is 16.6 Å². The van der Waals surface area contributed by atoms with E-state index in [4.69, 9.17) is 11.2 Å². The van der Waals surface area contributed by atoms with Gasteiger partial charge in [-0.05, 0) is 63.3 Å². The molecule has 2 rings (SSSR count). The molecule has 0 bridgehead atoms. The normalized spacial score (nSPS) is 12.4. The molecule has 0 aliphatic carbocycles. The van der Waals surface area contributed by atoms with Crippen LogP contribution in [0.1, 0.15) is 63.8 Å². The fraction of sp³-hybridized carbons (Fsp3) is 0.400. The topological polar surface area (TPSA) is 112 Å². The molecule has 0 fully saturated rings. The Morgan fingerprint density at radius 3 is 2.29 bits per heavy atom. The fourth-order valence-corrected chi connectivity index (χ4v) is 3.95. The largest absolute Gasteiger partial charge is 0.444 e. The minimum atomic E-state index is -1.23. The zero-order valence-corrected chi connectivity index (χ0v) is 22.9. The zero-order valence-electron chi connectivity index (χ0n) is 22.9. The molecule has 0 aliphatic rings. The number of anilines is 1. The number of aryl methyl sites for hydroxylation is 1. The SMILES string of the molecule is C#Cc1ccccc1C(C(=O)Nc1ccccc1C)N(CC#N)C(=O)C(CC(C)C)NC(=O)OC(C)(C)C. The van der Waals surface area contributed by atoms with Crippen LogP contribution in [-0.4, -0.2) is 41.0 Å². The second-order valence-corrected chi connectivity index (χ2v) is 10.4. The highest BCUT2D eigenvalue weighted by Gasteiger charge is 2.37. The van der Waals surface area contributed by atoms with Gasteiger partial charge in [-0.15, -0.1) is 6.42 Å². The van der Waals surface area contributed by atoms with E-state index in [1.165, 1.54) is 0 Å². The maximum Gasteiger partial charge on any atom is 0.408 e. The lowest BCUT2D eigenvalue weighted by atomic mass is 9.96. The van der Waals surface area contributed by atoms with Crippen LogP contribution in [0.15, 0.2) is 48.5 Å². The molecule has 2 unspecified atom stereocenters. The highest BCUT2D eigenvalue weighted by atomic mass is 16.6. The number of hydrogen-bond acceptors (Lipinski definition) is 5. The van der Waals surface area contributed by atoms with E-state index in [9.17, 15) is 19.6 Å². The predicted octanol–water partition coefficient (Wildman–Crippen LogP) is 4.95. The number of rotatable bonds is 9. The Kier molecular flexibility index (Phi) is 10.5. The van der Waals surface area contributed by atoms with Crippen molar-refractivity contribution >= 4 is 23.6 Å². The molecule has 0 saturated carbocycles. The first kappa shape index (κ1) is 29.9. The van der Waals surface area contributed by atoms with Gasteiger partial charge in [-0.3, -0.25) is 9.59 Å². The predicted molar refractivity (Wildman–Crippen MR) is 147 cm³/mol. The van der Waals surface area contributed by atoms with E-state index < -0.39 is 42.1 Å². The van der Waals surface area contributed by atoms with Crippen molar-refractivity contribution in [2.75, 3.05) is 11.9 Å².